The van der Waals surface area contributed by atoms with Gasteiger partial charge in [0.1, 0.15) is 4.90 Å². The van der Waals surface area contributed by atoms with E-state index in [1.54, 1.807) is 0 Å². The maximum atomic E-state index is 11.4. The second-order valence-electron chi connectivity index (χ2n) is 3.97. The summed E-state index contributed by atoms with van der Waals surface area (Å²) in [4.78, 5) is -0.561. The van der Waals surface area contributed by atoms with Gasteiger partial charge in [0.15, 0.2) is 11.5 Å². The third-order valence-electron chi connectivity index (χ3n) is 2.44. The Morgan fingerprint density at radius 1 is 1.05 bits per heavy atom. The van der Waals surface area contributed by atoms with Crippen molar-refractivity contribution in [2.24, 2.45) is 0 Å². The smallest absolute Gasteiger partial charge is 0.298 e. The summed E-state index contributed by atoms with van der Waals surface area (Å²) < 4.78 is 37.4. The van der Waals surface area contributed by atoms with Gasteiger partial charge in [-0.1, -0.05) is 34.8 Å². The largest absolute Gasteiger partial charge is 0.452 e. The molecule has 0 unspecified atom stereocenters. The van der Waals surface area contributed by atoms with Gasteiger partial charge in [-0.2, -0.15) is 8.42 Å². The molecule has 0 saturated carbocycles. The van der Waals surface area contributed by atoms with Crippen LogP contribution in [-0.2, 0) is 10.1 Å². The minimum Gasteiger partial charge on any atom is -0.452 e. The van der Waals surface area contributed by atoms with E-state index in [4.69, 9.17) is 45.3 Å². The first-order valence-electron chi connectivity index (χ1n) is 5.38. The molecule has 0 bridgehead atoms. The van der Waals surface area contributed by atoms with Crippen molar-refractivity contribution in [3.8, 4) is 11.5 Å². The predicted molar refractivity (Wildman–Crippen MR) is 88.0 cm³/mol. The van der Waals surface area contributed by atoms with Crippen LogP contribution in [0.1, 0.15) is 0 Å². The van der Waals surface area contributed by atoms with Gasteiger partial charge in [0.2, 0.25) is 0 Å². The number of rotatable bonds is 3. The van der Waals surface area contributed by atoms with Gasteiger partial charge in [0.25, 0.3) is 10.1 Å². The molecule has 0 atom stereocenters. The van der Waals surface area contributed by atoms with Crippen LogP contribution in [0.3, 0.4) is 0 Å². The number of hydrogen-bond acceptors (Lipinski definition) is 4. The van der Waals surface area contributed by atoms with Crippen molar-refractivity contribution >= 4 is 80.2 Å². The minimum absolute atomic E-state index is 0. The molecule has 2 aromatic carbocycles. The molecular formula is C12H8Cl3NNaO4S. The van der Waals surface area contributed by atoms with Gasteiger partial charge in [-0.25, -0.2) is 0 Å². The van der Waals surface area contributed by atoms with Crippen molar-refractivity contribution < 1.29 is 17.7 Å². The third-order valence-corrected chi connectivity index (χ3v) is 4.03. The van der Waals surface area contributed by atoms with Gasteiger partial charge in [-0.05, 0) is 30.3 Å². The monoisotopic (exact) mass is 390 g/mol. The Bertz CT molecular complexity index is 814. The zero-order valence-corrected chi connectivity index (χ0v) is 16.3. The number of nitrogens with two attached hydrogens (primary N) is 1. The maximum Gasteiger partial charge on any atom is 0.298 e. The van der Waals surface area contributed by atoms with E-state index in [-0.39, 0.29) is 56.8 Å². The third kappa shape index (κ3) is 4.66. The summed E-state index contributed by atoms with van der Waals surface area (Å²) in [7, 11) is -4.58. The topological polar surface area (TPSA) is 89.6 Å². The van der Waals surface area contributed by atoms with E-state index in [0.717, 1.165) is 6.07 Å². The first-order valence-corrected chi connectivity index (χ1v) is 7.95. The predicted octanol–water partition coefficient (Wildman–Crippen LogP) is 3.89. The van der Waals surface area contributed by atoms with E-state index in [1.807, 2.05) is 0 Å². The Balaban J connectivity index is 0.00000242. The van der Waals surface area contributed by atoms with E-state index < -0.39 is 15.0 Å². The molecule has 22 heavy (non-hydrogen) atoms. The summed E-state index contributed by atoms with van der Waals surface area (Å²) in [6.45, 7) is 0. The molecule has 0 aliphatic carbocycles. The number of anilines is 1. The van der Waals surface area contributed by atoms with Crippen LogP contribution in [0.2, 0.25) is 15.1 Å². The first-order chi connectivity index (χ1) is 9.68. The SMILES string of the molecule is Nc1cc(Cl)ccc1Oc1c(Cl)cc(Cl)cc1S(=O)(=O)O.[Na]. The summed E-state index contributed by atoms with van der Waals surface area (Å²) in [5, 5.41) is 0.325. The van der Waals surface area contributed by atoms with Gasteiger partial charge < -0.3 is 10.5 Å². The van der Waals surface area contributed by atoms with E-state index in [9.17, 15) is 13.0 Å². The average molecular weight is 392 g/mol. The molecule has 2 rings (SSSR count). The Kier molecular flexibility index (Phi) is 6.86. The molecule has 3 N–H and O–H groups in total. The molecule has 0 fully saturated rings. The fraction of sp³-hybridized carbons (Fsp3) is 0. The first kappa shape index (κ1) is 19.9. The Labute approximate surface area is 164 Å². The summed E-state index contributed by atoms with van der Waals surface area (Å²) in [6.07, 6.45) is 0. The van der Waals surface area contributed by atoms with E-state index in [0.29, 0.717) is 5.02 Å². The van der Waals surface area contributed by atoms with Gasteiger partial charge in [-0.15, -0.1) is 0 Å². The molecule has 0 amide bonds. The van der Waals surface area contributed by atoms with Crippen LogP contribution in [0.15, 0.2) is 35.2 Å². The molecule has 1 radical (unpaired) electrons. The normalized spacial score (nSPS) is 10.9. The number of halogens is 3. The molecular weight excluding hydrogens is 384 g/mol. The fourth-order valence-corrected chi connectivity index (χ4v) is 3.04. The van der Waals surface area contributed by atoms with Crippen LogP contribution in [-0.4, -0.2) is 42.5 Å². The summed E-state index contributed by atoms with van der Waals surface area (Å²) in [5.74, 6) is -0.147. The Morgan fingerprint density at radius 3 is 2.23 bits per heavy atom. The van der Waals surface area contributed by atoms with Crippen LogP contribution in [0.4, 0.5) is 5.69 Å². The second-order valence-corrected chi connectivity index (χ2v) is 6.64. The van der Waals surface area contributed by atoms with E-state index in [1.165, 1.54) is 24.3 Å². The molecule has 10 heteroatoms. The van der Waals surface area contributed by atoms with Crippen molar-refractivity contribution in [1.29, 1.82) is 0 Å². The van der Waals surface area contributed by atoms with Crippen molar-refractivity contribution in [1.82, 2.24) is 0 Å². The molecule has 0 aromatic heterocycles. The average Bonchev–Trinajstić information content (AvgIpc) is 2.33. The van der Waals surface area contributed by atoms with Gasteiger partial charge in [-0.3, -0.25) is 4.55 Å². The van der Waals surface area contributed by atoms with Gasteiger partial charge in [0.05, 0.1) is 10.7 Å². The molecule has 0 saturated heterocycles. The molecule has 0 aliphatic heterocycles. The number of benzene rings is 2. The van der Waals surface area contributed by atoms with Gasteiger partial charge >= 0.3 is 0 Å². The molecule has 5 nitrogen and oxygen atoms in total. The van der Waals surface area contributed by atoms with Crippen LogP contribution < -0.4 is 10.5 Å². The molecule has 0 spiro atoms. The molecule has 0 heterocycles. The van der Waals surface area contributed by atoms with Crippen LogP contribution in [0.25, 0.3) is 0 Å². The molecule has 113 valence electrons. The Hall–Kier alpha value is -0.180. The second kappa shape index (κ2) is 7.59. The summed E-state index contributed by atoms with van der Waals surface area (Å²) in [6, 6.07) is 6.66. The van der Waals surface area contributed by atoms with E-state index in [2.05, 4.69) is 0 Å². The molecule has 0 aliphatic rings. The Morgan fingerprint density at radius 2 is 1.68 bits per heavy atom. The van der Waals surface area contributed by atoms with Crippen molar-refractivity contribution in [2.75, 3.05) is 5.73 Å². The number of ether oxygens (including phenoxy) is 1. The molecule has 2 aromatic rings. The quantitative estimate of drug-likeness (QED) is 0.471. The van der Waals surface area contributed by atoms with Crippen molar-refractivity contribution in [3.05, 3.63) is 45.4 Å². The maximum absolute atomic E-state index is 11.4. The minimum atomic E-state index is -4.58. The summed E-state index contributed by atoms with van der Waals surface area (Å²) in [5.41, 5.74) is 5.89. The van der Waals surface area contributed by atoms with Crippen LogP contribution in [0, 0.1) is 0 Å². The number of nitrogen functional groups attached to an aromatic ring is 1. The van der Waals surface area contributed by atoms with Crippen LogP contribution in [0.5, 0.6) is 11.5 Å². The van der Waals surface area contributed by atoms with Crippen molar-refractivity contribution in [2.45, 2.75) is 4.90 Å². The zero-order valence-electron chi connectivity index (χ0n) is 11.2. The van der Waals surface area contributed by atoms with Gasteiger partial charge in [0, 0.05) is 39.6 Å². The number of hydrogen-bond donors (Lipinski definition) is 2. The summed E-state index contributed by atoms with van der Waals surface area (Å²) >= 11 is 17.4. The fourth-order valence-electron chi connectivity index (χ4n) is 1.55. The van der Waals surface area contributed by atoms with Crippen molar-refractivity contribution in [3.63, 3.8) is 0 Å². The van der Waals surface area contributed by atoms with E-state index >= 15 is 0 Å². The zero-order chi connectivity index (χ0) is 15.8. The standard InChI is InChI=1S/C12H8Cl3NO4S.Na/c13-6-1-2-10(9(16)4-6)20-12-8(15)3-7(14)5-11(12)21(17,18)19;/h1-5H,16H2,(H,17,18,19);. The van der Waals surface area contributed by atoms with Crippen LogP contribution >= 0.6 is 34.8 Å².